The molecule has 1 amide bonds. The van der Waals surface area contributed by atoms with E-state index in [0.29, 0.717) is 13.0 Å². The Morgan fingerprint density at radius 1 is 1.56 bits per heavy atom. The topological polar surface area (TPSA) is 58.4 Å². The number of piperazine rings is 1. The fourth-order valence-electron chi connectivity index (χ4n) is 2.40. The van der Waals surface area contributed by atoms with Crippen molar-refractivity contribution >= 4 is 5.91 Å². The Balaban J connectivity index is 2.02. The minimum absolute atomic E-state index is 0.135. The van der Waals surface area contributed by atoms with Crippen LogP contribution >= 0.6 is 0 Å². The zero-order valence-electron chi connectivity index (χ0n) is 10.9. The number of nitrogens with two attached hydrogens (primary N) is 1. The molecule has 1 heterocycles. The van der Waals surface area contributed by atoms with E-state index in [2.05, 4.69) is 11.4 Å². The van der Waals surface area contributed by atoms with Crippen LogP contribution in [-0.2, 0) is 11.2 Å². The molecule has 3 N–H and O–H groups in total. The lowest BCUT2D eigenvalue weighted by Gasteiger charge is -2.35. The highest BCUT2D eigenvalue weighted by atomic mass is 16.2. The van der Waals surface area contributed by atoms with Crippen molar-refractivity contribution in [1.82, 2.24) is 10.2 Å². The number of carbonyl (C=O) groups is 1. The Hall–Kier alpha value is -1.39. The third-order valence-electron chi connectivity index (χ3n) is 3.38. The highest BCUT2D eigenvalue weighted by Gasteiger charge is 2.25. The number of aryl methyl sites for hydroxylation is 1. The second-order valence-corrected chi connectivity index (χ2v) is 4.85. The van der Waals surface area contributed by atoms with E-state index >= 15 is 0 Å². The lowest BCUT2D eigenvalue weighted by molar-refractivity contribution is -0.133. The summed E-state index contributed by atoms with van der Waals surface area (Å²) in [6.07, 6.45) is 0.470. The van der Waals surface area contributed by atoms with E-state index in [0.717, 1.165) is 25.2 Å². The molecule has 98 valence electrons. The fraction of sp³-hybridized carbons (Fsp3) is 0.500. The van der Waals surface area contributed by atoms with Gasteiger partial charge >= 0.3 is 0 Å². The molecule has 1 saturated heterocycles. The molecule has 1 aliphatic heterocycles. The molecule has 0 saturated carbocycles. The van der Waals surface area contributed by atoms with Crippen LogP contribution in [0.15, 0.2) is 24.3 Å². The highest BCUT2D eigenvalue weighted by Crippen LogP contribution is 2.09. The standard InChI is InChI=1S/C14H21N3O/c1-11-3-2-4-12(7-11)8-14(18)17-6-5-16-10-13(17)9-15/h2-4,7,13,16H,5-6,8-10,15H2,1H3. The van der Waals surface area contributed by atoms with Crippen LogP contribution in [0.5, 0.6) is 0 Å². The smallest absolute Gasteiger partial charge is 0.227 e. The molecule has 0 spiro atoms. The number of benzene rings is 1. The Morgan fingerprint density at radius 3 is 3.11 bits per heavy atom. The largest absolute Gasteiger partial charge is 0.336 e. The first-order valence-electron chi connectivity index (χ1n) is 6.46. The van der Waals surface area contributed by atoms with Crippen LogP contribution in [0.3, 0.4) is 0 Å². The third-order valence-corrected chi connectivity index (χ3v) is 3.38. The molecule has 0 radical (unpaired) electrons. The maximum atomic E-state index is 12.3. The molecule has 1 unspecified atom stereocenters. The number of rotatable bonds is 3. The fourth-order valence-corrected chi connectivity index (χ4v) is 2.40. The third kappa shape index (κ3) is 3.09. The number of hydrogen-bond donors (Lipinski definition) is 2. The van der Waals surface area contributed by atoms with Gasteiger partial charge in [0.05, 0.1) is 12.5 Å². The average molecular weight is 247 g/mol. The van der Waals surface area contributed by atoms with Crippen molar-refractivity contribution in [3.05, 3.63) is 35.4 Å². The predicted molar refractivity (Wildman–Crippen MR) is 72.3 cm³/mol. The summed E-state index contributed by atoms with van der Waals surface area (Å²) in [5, 5.41) is 3.27. The second kappa shape index (κ2) is 5.98. The average Bonchev–Trinajstić information content (AvgIpc) is 2.38. The lowest BCUT2D eigenvalue weighted by Crippen LogP contribution is -2.56. The van der Waals surface area contributed by atoms with Crippen molar-refractivity contribution in [3.8, 4) is 0 Å². The summed E-state index contributed by atoms with van der Waals surface area (Å²) in [4.78, 5) is 14.2. The van der Waals surface area contributed by atoms with Crippen LogP contribution in [-0.4, -0.2) is 43.0 Å². The summed E-state index contributed by atoms with van der Waals surface area (Å²) in [7, 11) is 0. The Labute approximate surface area is 108 Å². The minimum atomic E-state index is 0.135. The van der Waals surface area contributed by atoms with Crippen molar-refractivity contribution in [2.75, 3.05) is 26.2 Å². The molecule has 1 fully saturated rings. The van der Waals surface area contributed by atoms with E-state index in [1.165, 1.54) is 5.56 Å². The van der Waals surface area contributed by atoms with E-state index in [4.69, 9.17) is 5.73 Å². The van der Waals surface area contributed by atoms with Crippen molar-refractivity contribution in [1.29, 1.82) is 0 Å². The quantitative estimate of drug-likeness (QED) is 0.807. The molecule has 1 aromatic carbocycles. The monoisotopic (exact) mass is 247 g/mol. The van der Waals surface area contributed by atoms with Gasteiger partial charge in [0.25, 0.3) is 0 Å². The van der Waals surface area contributed by atoms with Gasteiger partial charge in [0.1, 0.15) is 0 Å². The van der Waals surface area contributed by atoms with Gasteiger partial charge in [-0.3, -0.25) is 4.79 Å². The summed E-state index contributed by atoms with van der Waals surface area (Å²) in [5.41, 5.74) is 7.98. The summed E-state index contributed by atoms with van der Waals surface area (Å²) in [6.45, 7) is 4.98. The van der Waals surface area contributed by atoms with Gasteiger partial charge in [0, 0.05) is 26.2 Å². The van der Waals surface area contributed by atoms with Gasteiger partial charge in [-0.1, -0.05) is 29.8 Å². The van der Waals surface area contributed by atoms with Gasteiger partial charge in [0.2, 0.25) is 5.91 Å². The van der Waals surface area contributed by atoms with Crippen molar-refractivity contribution in [2.24, 2.45) is 5.73 Å². The van der Waals surface area contributed by atoms with E-state index in [9.17, 15) is 4.79 Å². The van der Waals surface area contributed by atoms with Gasteiger partial charge in [-0.15, -0.1) is 0 Å². The number of nitrogens with one attached hydrogen (secondary N) is 1. The Bertz CT molecular complexity index is 419. The molecule has 2 rings (SSSR count). The molecule has 0 bridgehead atoms. The van der Waals surface area contributed by atoms with E-state index in [-0.39, 0.29) is 11.9 Å². The van der Waals surface area contributed by atoms with Gasteiger partial charge in [-0.2, -0.15) is 0 Å². The zero-order chi connectivity index (χ0) is 13.0. The van der Waals surface area contributed by atoms with E-state index in [1.54, 1.807) is 0 Å². The molecular weight excluding hydrogens is 226 g/mol. The van der Waals surface area contributed by atoms with Gasteiger partial charge in [-0.25, -0.2) is 0 Å². The SMILES string of the molecule is Cc1cccc(CC(=O)N2CCNCC2CN)c1. The van der Waals surface area contributed by atoms with E-state index < -0.39 is 0 Å². The Morgan fingerprint density at radius 2 is 2.39 bits per heavy atom. The minimum Gasteiger partial charge on any atom is -0.336 e. The maximum Gasteiger partial charge on any atom is 0.227 e. The first-order valence-corrected chi connectivity index (χ1v) is 6.46. The van der Waals surface area contributed by atoms with Gasteiger partial charge < -0.3 is 16.0 Å². The van der Waals surface area contributed by atoms with Crippen LogP contribution in [0.4, 0.5) is 0 Å². The van der Waals surface area contributed by atoms with Gasteiger partial charge in [0.15, 0.2) is 0 Å². The number of carbonyl (C=O) groups excluding carboxylic acids is 1. The molecule has 1 aromatic rings. The Kier molecular flexibility index (Phi) is 4.33. The normalized spacial score (nSPS) is 19.9. The van der Waals surface area contributed by atoms with E-state index in [1.807, 2.05) is 30.0 Å². The first-order chi connectivity index (χ1) is 8.70. The zero-order valence-corrected chi connectivity index (χ0v) is 10.9. The molecule has 1 atom stereocenters. The number of amides is 1. The highest BCUT2D eigenvalue weighted by molar-refractivity contribution is 5.79. The van der Waals surface area contributed by atoms with Crippen LogP contribution in [0.1, 0.15) is 11.1 Å². The molecule has 4 nitrogen and oxygen atoms in total. The van der Waals surface area contributed by atoms with Crippen LogP contribution in [0, 0.1) is 6.92 Å². The summed E-state index contributed by atoms with van der Waals surface area (Å²) in [6, 6.07) is 8.25. The summed E-state index contributed by atoms with van der Waals surface area (Å²) in [5.74, 6) is 0.178. The molecular formula is C14H21N3O. The van der Waals surface area contributed by atoms with Crippen molar-refractivity contribution < 1.29 is 4.79 Å². The van der Waals surface area contributed by atoms with Gasteiger partial charge in [-0.05, 0) is 12.5 Å². The van der Waals surface area contributed by atoms with Crippen LogP contribution in [0.25, 0.3) is 0 Å². The summed E-state index contributed by atoms with van der Waals surface area (Å²) >= 11 is 0. The molecule has 0 aliphatic carbocycles. The maximum absolute atomic E-state index is 12.3. The molecule has 1 aliphatic rings. The molecule has 4 heteroatoms. The number of hydrogen-bond acceptors (Lipinski definition) is 3. The second-order valence-electron chi connectivity index (χ2n) is 4.85. The van der Waals surface area contributed by atoms with Crippen molar-refractivity contribution in [2.45, 2.75) is 19.4 Å². The lowest BCUT2D eigenvalue weighted by atomic mass is 10.1. The van der Waals surface area contributed by atoms with Crippen LogP contribution < -0.4 is 11.1 Å². The summed E-state index contributed by atoms with van der Waals surface area (Å²) < 4.78 is 0. The molecule has 18 heavy (non-hydrogen) atoms. The van der Waals surface area contributed by atoms with Crippen LogP contribution in [0.2, 0.25) is 0 Å². The first kappa shape index (κ1) is 13.1. The molecule has 0 aromatic heterocycles. The number of nitrogens with zero attached hydrogens (tertiary/aromatic N) is 1. The van der Waals surface area contributed by atoms with Crippen molar-refractivity contribution in [3.63, 3.8) is 0 Å². The predicted octanol–water partition coefficient (Wildman–Crippen LogP) is 0.297.